The number of nitrogens with zero attached hydrogens (tertiary/aromatic N) is 2. The van der Waals surface area contributed by atoms with Crippen molar-refractivity contribution in [2.75, 3.05) is 5.32 Å². The SMILES string of the molecule is C=C(C)/C(=C\C=C/N)c1nc(Nc2cccc(Cl)c2)ncc1C. The summed E-state index contributed by atoms with van der Waals surface area (Å²) in [7, 11) is 0. The number of halogens is 1. The van der Waals surface area contributed by atoms with Crippen molar-refractivity contribution in [2.45, 2.75) is 13.8 Å². The first-order valence-corrected chi connectivity index (χ1v) is 7.50. The lowest BCUT2D eigenvalue weighted by atomic mass is 10.0. The minimum absolute atomic E-state index is 0.497. The van der Waals surface area contributed by atoms with Crippen LogP contribution in [0.1, 0.15) is 18.2 Å². The number of anilines is 2. The van der Waals surface area contributed by atoms with E-state index in [2.05, 4.69) is 21.9 Å². The molecule has 1 heterocycles. The summed E-state index contributed by atoms with van der Waals surface area (Å²) in [5.74, 6) is 0.497. The van der Waals surface area contributed by atoms with Crippen LogP contribution in [-0.2, 0) is 0 Å². The van der Waals surface area contributed by atoms with Gasteiger partial charge in [0.25, 0.3) is 0 Å². The van der Waals surface area contributed by atoms with Gasteiger partial charge in [-0.15, -0.1) is 0 Å². The van der Waals surface area contributed by atoms with Gasteiger partial charge in [0.05, 0.1) is 5.69 Å². The van der Waals surface area contributed by atoms with Gasteiger partial charge >= 0.3 is 0 Å². The topological polar surface area (TPSA) is 63.8 Å². The Morgan fingerprint density at radius 2 is 2.17 bits per heavy atom. The second kappa shape index (κ2) is 7.61. The summed E-state index contributed by atoms with van der Waals surface area (Å²) in [5, 5.41) is 3.81. The molecular formula is C18H19ClN4. The Bertz CT molecular complexity index is 778. The maximum Gasteiger partial charge on any atom is 0.227 e. The molecule has 0 saturated heterocycles. The lowest BCUT2D eigenvalue weighted by Gasteiger charge is -2.12. The van der Waals surface area contributed by atoms with Crippen LogP contribution in [0.2, 0.25) is 5.02 Å². The Morgan fingerprint density at radius 3 is 2.83 bits per heavy atom. The summed E-state index contributed by atoms with van der Waals surface area (Å²) in [6.45, 7) is 7.90. The van der Waals surface area contributed by atoms with Gasteiger partial charge in [-0.05, 0) is 55.5 Å². The van der Waals surface area contributed by atoms with Crippen molar-refractivity contribution in [3.8, 4) is 0 Å². The van der Waals surface area contributed by atoms with Crippen LogP contribution in [0.15, 0.2) is 61.0 Å². The highest BCUT2D eigenvalue weighted by Gasteiger charge is 2.10. The molecule has 0 radical (unpaired) electrons. The summed E-state index contributed by atoms with van der Waals surface area (Å²) in [5.41, 5.74) is 9.85. The molecule has 0 aliphatic carbocycles. The lowest BCUT2D eigenvalue weighted by molar-refractivity contribution is 1.10. The van der Waals surface area contributed by atoms with Crippen molar-refractivity contribution in [3.05, 3.63) is 77.2 Å². The molecule has 3 N–H and O–H groups in total. The highest BCUT2D eigenvalue weighted by molar-refractivity contribution is 6.30. The van der Waals surface area contributed by atoms with Crippen LogP contribution in [-0.4, -0.2) is 9.97 Å². The average Bonchev–Trinajstić information content (AvgIpc) is 2.50. The third-order valence-corrected chi connectivity index (χ3v) is 3.38. The molecule has 4 nitrogen and oxygen atoms in total. The van der Waals surface area contributed by atoms with Gasteiger partial charge in [0.15, 0.2) is 0 Å². The van der Waals surface area contributed by atoms with Gasteiger partial charge in [-0.2, -0.15) is 0 Å². The Kier molecular flexibility index (Phi) is 5.55. The zero-order chi connectivity index (χ0) is 16.8. The summed E-state index contributed by atoms with van der Waals surface area (Å²) in [6, 6.07) is 7.40. The number of aryl methyl sites for hydroxylation is 1. The lowest BCUT2D eigenvalue weighted by Crippen LogP contribution is -2.02. The van der Waals surface area contributed by atoms with E-state index < -0.39 is 0 Å². The molecule has 0 unspecified atom stereocenters. The molecule has 2 rings (SSSR count). The zero-order valence-corrected chi connectivity index (χ0v) is 13.9. The Labute approximate surface area is 141 Å². The fourth-order valence-electron chi connectivity index (χ4n) is 2.05. The summed E-state index contributed by atoms with van der Waals surface area (Å²) >= 11 is 6.00. The van der Waals surface area contributed by atoms with Crippen molar-refractivity contribution in [3.63, 3.8) is 0 Å². The first-order chi connectivity index (χ1) is 11.0. The van der Waals surface area contributed by atoms with Crippen molar-refractivity contribution >= 4 is 28.8 Å². The number of allylic oxidation sites excluding steroid dienone is 4. The molecular weight excluding hydrogens is 308 g/mol. The quantitative estimate of drug-likeness (QED) is 0.787. The fourth-order valence-corrected chi connectivity index (χ4v) is 2.24. The van der Waals surface area contributed by atoms with E-state index in [1.54, 1.807) is 12.3 Å². The molecule has 5 heteroatoms. The van der Waals surface area contributed by atoms with E-state index in [0.29, 0.717) is 11.0 Å². The molecule has 0 spiro atoms. The number of aromatic nitrogens is 2. The molecule has 118 valence electrons. The number of benzene rings is 1. The number of hydrogen-bond acceptors (Lipinski definition) is 4. The van der Waals surface area contributed by atoms with Gasteiger partial charge in [-0.1, -0.05) is 30.3 Å². The predicted octanol–water partition coefficient (Wildman–Crippen LogP) is 4.61. The molecule has 1 aromatic carbocycles. The van der Waals surface area contributed by atoms with E-state index in [1.165, 1.54) is 6.20 Å². The predicted molar refractivity (Wildman–Crippen MR) is 97.6 cm³/mol. The molecule has 0 fully saturated rings. The summed E-state index contributed by atoms with van der Waals surface area (Å²) in [4.78, 5) is 8.92. The molecule has 2 aromatic rings. The maximum absolute atomic E-state index is 6.00. The third-order valence-electron chi connectivity index (χ3n) is 3.14. The standard InChI is InChI=1S/C18H19ClN4/c1-12(2)16(8-5-9-20)17-13(3)11-21-18(23-17)22-15-7-4-6-14(19)10-15/h4-11H,1,20H2,2-3H3,(H,21,22,23)/b9-5-,16-8+. The van der Waals surface area contributed by atoms with Gasteiger partial charge in [0.1, 0.15) is 0 Å². The number of rotatable bonds is 5. The monoisotopic (exact) mass is 326 g/mol. The number of hydrogen-bond donors (Lipinski definition) is 2. The first kappa shape index (κ1) is 16.8. The van der Waals surface area contributed by atoms with E-state index in [1.807, 2.05) is 44.2 Å². The second-order valence-electron chi connectivity index (χ2n) is 5.11. The highest BCUT2D eigenvalue weighted by atomic mass is 35.5. The Hall–Kier alpha value is -2.59. The van der Waals surface area contributed by atoms with Gasteiger partial charge in [-0.25, -0.2) is 9.97 Å². The van der Waals surface area contributed by atoms with E-state index in [0.717, 1.165) is 28.1 Å². The third kappa shape index (κ3) is 4.44. The van der Waals surface area contributed by atoms with Crippen molar-refractivity contribution < 1.29 is 0 Å². The summed E-state index contributed by atoms with van der Waals surface area (Å²) < 4.78 is 0. The van der Waals surface area contributed by atoms with E-state index in [9.17, 15) is 0 Å². The van der Waals surface area contributed by atoms with Crippen LogP contribution < -0.4 is 11.1 Å². The second-order valence-corrected chi connectivity index (χ2v) is 5.54. The van der Waals surface area contributed by atoms with Crippen LogP contribution in [0.5, 0.6) is 0 Å². The largest absolute Gasteiger partial charge is 0.405 e. The Balaban J connectivity index is 2.40. The van der Waals surface area contributed by atoms with E-state index >= 15 is 0 Å². The van der Waals surface area contributed by atoms with E-state index in [-0.39, 0.29) is 0 Å². The van der Waals surface area contributed by atoms with Crippen molar-refractivity contribution in [2.24, 2.45) is 5.73 Å². The maximum atomic E-state index is 6.00. The van der Waals surface area contributed by atoms with Crippen LogP contribution >= 0.6 is 11.6 Å². The Morgan fingerprint density at radius 1 is 1.39 bits per heavy atom. The first-order valence-electron chi connectivity index (χ1n) is 7.12. The molecule has 23 heavy (non-hydrogen) atoms. The van der Waals surface area contributed by atoms with E-state index in [4.69, 9.17) is 17.3 Å². The van der Waals surface area contributed by atoms with Crippen LogP contribution in [0, 0.1) is 6.92 Å². The molecule has 0 amide bonds. The fraction of sp³-hybridized carbons (Fsp3) is 0.111. The zero-order valence-electron chi connectivity index (χ0n) is 13.2. The van der Waals surface area contributed by atoms with Gasteiger partial charge in [0, 0.05) is 22.5 Å². The molecule has 0 atom stereocenters. The minimum Gasteiger partial charge on any atom is -0.405 e. The molecule has 1 aromatic heterocycles. The normalized spacial score (nSPS) is 11.7. The number of nitrogens with one attached hydrogen (secondary N) is 1. The molecule has 0 saturated carbocycles. The molecule has 0 bridgehead atoms. The van der Waals surface area contributed by atoms with Crippen LogP contribution in [0.3, 0.4) is 0 Å². The number of nitrogens with two attached hydrogens (primary N) is 1. The molecule has 0 aliphatic rings. The van der Waals surface area contributed by atoms with Crippen LogP contribution in [0.4, 0.5) is 11.6 Å². The smallest absolute Gasteiger partial charge is 0.227 e. The van der Waals surface area contributed by atoms with Crippen LogP contribution in [0.25, 0.3) is 5.57 Å². The van der Waals surface area contributed by atoms with Crippen molar-refractivity contribution in [1.82, 2.24) is 9.97 Å². The average molecular weight is 327 g/mol. The van der Waals surface area contributed by atoms with Gasteiger partial charge in [-0.3, -0.25) is 0 Å². The highest BCUT2D eigenvalue weighted by Crippen LogP contribution is 2.25. The van der Waals surface area contributed by atoms with Gasteiger partial charge in [0.2, 0.25) is 5.95 Å². The van der Waals surface area contributed by atoms with Crippen molar-refractivity contribution in [1.29, 1.82) is 0 Å². The minimum atomic E-state index is 0.497. The van der Waals surface area contributed by atoms with Gasteiger partial charge < -0.3 is 11.1 Å². The molecule has 0 aliphatic heterocycles. The summed E-state index contributed by atoms with van der Waals surface area (Å²) in [6.07, 6.45) is 6.90.